The van der Waals surface area contributed by atoms with Crippen LogP contribution in [-0.4, -0.2) is 35.0 Å². The van der Waals surface area contributed by atoms with E-state index in [4.69, 9.17) is 10.2 Å². The number of nitrogens with one attached hydrogen (secondary N) is 1. The second kappa shape index (κ2) is 5.11. The number of phenols is 2. The largest absolute Gasteiger partial charge is 0.508 e. The normalized spacial score (nSPS) is 11.6. The standard InChI is InChI=1S/C10H9F4NO3/c11-9(12)10(13,14)4-15-8(18)5-1-6(16)3-7(17)2-5/h1-3,9,16-17H,4H2,(H,15,18). The molecule has 1 aromatic rings. The summed E-state index contributed by atoms with van der Waals surface area (Å²) in [4.78, 5) is 11.3. The lowest BCUT2D eigenvalue weighted by atomic mass is 10.2. The molecule has 0 heterocycles. The van der Waals surface area contributed by atoms with E-state index < -0.39 is 36.3 Å². The van der Waals surface area contributed by atoms with Gasteiger partial charge in [0, 0.05) is 11.6 Å². The minimum Gasteiger partial charge on any atom is -0.508 e. The summed E-state index contributed by atoms with van der Waals surface area (Å²) in [6.07, 6.45) is -3.89. The zero-order valence-corrected chi connectivity index (χ0v) is 8.83. The molecule has 0 saturated heterocycles. The van der Waals surface area contributed by atoms with E-state index >= 15 is 0 Å². The zero-order valence-electron chi connectivity index (χ0n) is 8.83. The van der Waals surface area contributed by atoms with Crippen LogP contribution in [0.2, 0.25) is 0 Å². The van der Waals surface area contributed by atoms with Gasteiger partial charge < -0.3 is 15.5 Å². The third-order valence-electron chi connectivity index (χ3n) is 1.97. The Balaban J connectivity index is 2.72. The van der Waals surface area contributed by atoms with Gasteiger partial charge in [0.15, 0.2) is 0 Å². The van der Waals surface area contributed by atoms with E-state index in [0.717, 1.165) is 18.2 Å². The van der Waals surface area contributed by atoms with E-state index in [1.165, 1.54) is 0 Å². The fourth-order valence-corrected chi connectivity index (χ4v) is 1.10. The van der Waals surface area contributed by atoms with Crippen molar-refractivity contribution in [2.75, 3.05) is 6.54 Å². The summed E-state index contributed by atoms with van der Waals surface area (Å²) < 4.78 is 48.7. The van der Waals surface area contributed by atoms with Crippen molar-refractivity contribution >= 4 is 5.91 Å². The predicted molar refractivity (Wildman–Crippen MR) is 53.1 cm³/mol. The van der Waals surface area contributed by atoms with Gasteiger partial charge in [-0.1, -0.05) is 0 Å². The van der Waals surface area contributed by atoms with Crippen molar-refractivity contribution in [3.63, 3.8) is 0 Å². The molecule has 100 valence electrons. The van der Waals surface area contributed by atoms with Gasteiger partial charge in [-0.2, -0.15) is 8.78 Å². The Morgan fingerprint density at radius 3 is 2.17 bits per heavy atom. The van der Waals surface area contributed by atoms with E-state index in [9.17, 15) is 22.4 Å². The van der Waals surface area contributed by atoms with Crippen molar-refractivity contribution in [2.24, 2.45) is 0 Å². The minimum atomic E-state index is -4.34. The summed E-state index contributed by atoms with van der Waals surface area (Å²) in [6.45, 7) is -1.54. The third kappa shape index (κ3) is 3.51. The number of alkyl halides is 4. The summed E-state index contributed by atoms with van der Waals surface area (Å²) in [7, 11) is 0. The SMILES string of the molecule is O=C(NCC(F)(F)C(F)F)c1cc(O)cc(O)c1. The zero-order chi connectivity index (χ0) is 13.9. The van der Waals surface area contributed by atoms with Crippen molar-refractivity contribution in [2.45, 2.75) is 12.3 Å². The first-order valence-electron chi connectivity index (χ1n) is 4.69. The van der Waals surface area contributed by atoms with Crippen molar-refractivity contribution < 1.29 is 32.6 Å². The Morgan fingerprint density at radius 1 is 1.22 bits per heavy atom. The highest BCUT2D eigenvalue weighted by molar-refractivity contribution is 5.95. The first-order chi connectivity index (χ1) is 8.22. The van der Waals surface area contributed by atoms with Gasteiger partial charge in [0.2, 0.25) is 0 Å². The van der Waals surface area contributed by atoms with Gasteiger partial charge in [-0.15, -0.1) is 0 Å². The maximum absolute atomic E-state index is 12.5. The number of benzene rings is 1. The summed E-state index contributed by atoms with van der Waals surface area (Å²) >= 11 is 0. The molecule has 0 aliphatic carbocycles. The molecule has 0 spiro atoms. The van der Waals surface area contributed by atoms with Gasteiger partial charge in [-0.3, -0.25) is 4.79 Å². The average Bonchev–Trinajstić information content (AvgIpc) is 2.24. The lowest BCUT2D eigenvalue weighted by Gasteiger charge is -2.15. The number of hydrogen-bond donors (Lipinski definition) is 3. The highest BCUT2D eigenvalue weighted by Gasteiger charge is 2.40. The van der Waals surface area contributed by atoms with Crippen LogP contribution >= 0.6 is 0 Å². The molecule has 0 bridgehead atoms. The van der Waals surface area contributed by atoms with Crippen LogP contribution < -0.4 is 5.32 Å². The molecule has 0 saturated carbocycles. The van der Waals surface area contributed by atoms with Gasteiger partial charge in [-0.05, 0) is 12.1 Å². The summed E-state index contributed by atoms with van der Waals surface area (Å²) in [5.41, 5.74) is -0.322. The van der Waals surface area contributed by atoms with Crippen molar-refractivity contribution in [1.29, 1.82) is 0 Å². The second-order valence-electron chi connectivity index (χ2n) is 3.48. The molecular weight excluding hydrogens is 258 g/mol. The number of hydrogen-bond acceptors (Lipinski definition) is 3. The molecule has 8 heteroatoms. The number of carbonyl (C=O) groups excluding carboxylic acids is 1. The Morgan fingerprint density at radius 2 is 1.72 bits per heavy atom. The highest BCUT2D eigenvalue weighted by Crippen LogP contribution is 2.23. The van der Waals surface area contributed by atoms with Crippen molar-refractivity contribution in [3.8, 4) is 11.5 Å². The fourth-order valence-electron chi connectivity index (χ4n) is 1.10. The van der Waals surface area contributed by atoms with Gasteiger partial charge in [0.1, 0.15) is 11.5 Å². The average molecular weight is 267 g/mol. The lowest BCUT2D eigenvalue weighted by Crippen LogP contribution is -2.41. The molecule has 0 atom stereocenters. The van der Waals surface area contributed by atoms with Crippen LogP contribution in [0.15, 0.2) is 18.2 Å². The molecular formula is C10H9F4NO3. The highest BCUT2D eigenvalue weighted by atomic mass is 19.3. The molecule has 0 radical (unpaired) electrons. The Kier molecular flexibility index (Phi) is 4.00. The van der Waals surface area contributed by atoms with E-state index in [2.05, 4.69) is 0 Å². The van der Waals surface area contributed by atoms with E-state index in [1.54, 1.807) is 5.32 Å². The first kappa shape index (κ1) is 14.1. The molecule has 1 aromatic carbocycles. The smallest absolute Gasteiger partial charge is 0.324 e. The molecule has 0 fully saturated rings. The number of carbonyl (C=O) groups is 1. The van der Waals surface area contributed by atoms with E-state index in [0.29, 0.717) is 0 Å². The molecule has 0 aromatic heterocycles. The molecule has 1 amide bonds. The van der Waals surface area contributed by atoms with Crippen LogP contribution in [0, 0.1) is 0 Å². The fraction of sp³-hybridized carbons (Fsp3) is 0.300. The van der Waals surface area contributed by atoms with Crippen LogP contribution in [0.4, 0.5) is 17.6 Å². The number of amides is 1. The summed E-state index contributed by atoms with van der Waals surface area (Å²) in [6, 6.07) is 2.72. The molecule has 0 unspecified atom stereocenters. The number of aromatic hydroxyl groups is 2. The van der Waals surface area contributed by atoms with E-state index in [-0.39, 0.29) is 5.56 Å². The topological polar surface area (TPSA) is 69.6 Å². The molecule has 1 rings (SSSR count). The van der Waals surface area contributed by atoms with Crippen molar-refractivity contribution in [1.82, 2.24) is 5.32 Å². The lowest BCUT2D eigenvalue weighted by molar-refractivity contribution is -0.123. The van der Waals surface area contributed by atoms with Gasteiger partial charge in [-0.25, -0.2) is 8.78 Å². The molecule has 18 heavy (non-hydrogen) atoms. The third-order valence-corrected chi connectivity index (χ3v) is 1.97. The molecule has 0 aliphatic rings. The number of rotatable bonds is 4. The Labute approximate surface area is 98.9 Å². The summed E-state index contributed by atoms with van der Waals surface area (Å²) in [5.74, 6) is -6.36. The molecule has 4 nitrogen and oxygen atoms in total. The minimum absolute atomic E-state index is 0.322. The van der Waals surface area contributed by atoms with Crippen molar-refractivity contribution in [3.05, 3.63) is 23.8 Å². The van der Waals surface area contributed by atoms with Gasteiger partial charge >= 0.3 is 12.3 Å². The van der Waals surface area contributed by atoms with Crippen LogP contribution in [0.3, 0.4) is 0 Å². The van der Waals surface area contributed by atoms with Crippen LogP contribution in [0.25, 0.3) is 0 Å². The Hall–Kier alpha value is -1.99. The van der Waals surface area contributed by atoms with Crippen LogP contribution in [0.1, 0.15) is 10.4 Å². The monoisotopic (exact) mass is 267 g/mol. The van der Waals surface area contributed by atoms with Crippen LogP contribution in [0.5, 0.6) is 11.5 Å². The van der Waals surface area contributed by atoms with Gasteiger partial charge in [0.05, 0.1) is 6.54 Å². The molecule has 3 N–H and O–H groups in total. The number of phenolic OH excluding ortho intramolecular Hbond substituents is 2. The Bertz CT molecular complexity index is 430. The maximum atomic E-state index is 12.5. The number of halogens is 4. The second-order valence-corrected chi connectivity index (χ2v) is 3.48. The van der Waals surface area contributed by atoms with E-state index in [1.807, 2.05) is 0 Å². The molecule has 0 aliphatic heterocycles. The quantitative estimate of drug-likeness (QED) is 0.727. The first-order valence-corrected chi connectivity index (χ1v) is 4.69. The van der Waals surface area contributed by atoms with Gasteiger partial charge in [0.25, 0.3) is 5.91 Å². The van der Waals surface area contributed by atoms with Crippen LogP contribution in [-0.2, 0) is 0 Å². The summed E-state index contributed by atoms with van der Waals surface area (Å²) in [5, 5.41) is 19.7. The predicted octanol–water partition coefficient (Wildman–Crippen LogP) is 1.73. The maximum Gasteiger partial charge on any atom is 0.324 e.